The lowest BCUT2D eigenvalue weighted by Gasteiger charge is -2.25. The van der Waals surface area contributed by atoms with Gasteiger partial charge in [0.05, 0.1) is 5.56 Å². The van der Waals surface area contributed by atoms with Crippen LogP contribution in [0.5, 0.6) is 5.06 Å². The maximum absolute atomic E-state index is 13.5. The van der Waals surface area contributed by atoms with E-state index < -0.39 is 0 Å². The molecule has 35 heavy (non-hydrogen) atoms. The number of rotatable bonds is 3. The van der Waals surface area contributed by atoms with Crippen molar-refractivity contribution in [3.63, 3.8) is 0 Å². The Morgan fingerprint density at radius 3 is 2.23 bits per heavy atom. The molecule has 0 radical (unpaired) electrons. The van der Waals surface area contributed by atoms with E-state index >= 15 is 0 Å². The SMILES string of the molecule is O=c1c(C2=CC(c3ccc(-c4ccc(Br)cc4)cc3)Cc3ccccc32)c(O)sc2ccccc12. The van der Waals surface area contributed by atoms with Crippen LogP contribution in [-0.2, 0) is 6.42 Å². The van der Waals surface area contributed by atoms with Gasteiger partial charge in [-0.15, -0.1) is 0 Å². The molecule has 1 aromatic heterocycles. The van der Waals surface area contributed by atoms with E-state index in [1.807, 2.05) is 54.6 Å². The highest BCUT2D eigenvalue weighted by Crippen LogP contribution is 2.41. The molecule has 5 aromatic rings. The maximum Gasteiger partial charge on any atom is 0.199 e. The van der Waals surface area contributed by atoms with Gasteiger partial charge >= 0.3 is 0 Å². The Balaban J connectivity index is 1.47. The summed E-state index contributed by atoms with van der Waals surface area (Å²) in [5, 5.41) is 11.7. The topological polar surface area (TPSA) is 37.3 Å². The minimum absolute atomic E-state index is 0.0704. The predicted molar refractivity (Wildman–Crippen MR) is 149 cm³/mol. The fourth-order valence-electron chi connectivity index (χ4n) is 4.91. The molecule has 1 atom stereocenters. The standard InChI is InChI=1S/C31H21BrO2S/c32-24-15-13-20(14-16-24)19-9-11-21(12-10-19)23-17-22-5-1-2-6-25(22)27(18-23)29-30(33)26-7-3-4-8-28(26)35-31(29)34/h1-16,18,23,34H,17H2. The molecule has 1 heterocycles. The molecule has 0 saturated heterocycles. The lowest BCUT2D eigenvalue weighted by atomic mass is 9.79. The fraction of sp³-hybridized carbons (Fsp3) is 0.0645. The molecule has 170 valence electrons. The van der Waals surface area contributed by atoms with Crippen LogP contribution >= 0.6 is 27.3 Å². The van der Waals surface area contributed by atoms with Crippen LogP contribution in [0.4, 0.5) is 0 Å². The van der Waals surface area contributed by atoms with Gasteiger partial charge in [0.1, 0.15) is 0 Å². The minimum atomic E-state index is -0.121. The van der Waals surface area contributed by atoms with Crippen LogP contribution in [-0.4, -0.2) is 5.11 Å². The molecule has 4 heteroatoms. The average Bonchev–Trinajstić information content (AvgIpc) is 2.89. The summed E-state index contributed by atoms with van der Waals surface area (Å²) in [6.45, 7) is 0. The van der Waals surface area contributed by atoms with Crippen molar-refractivity contribution in [1.82, 2.24) is 0 Å². The number of hydrogen-bond donors (Lipinski definition) is 1. The normalized spacial score (nSPS) is 15.0. The van der Waals surface area contributed by atoms with Gasteiger partial charge in [0.15, 0.2) is 10.5 Å². The Hall–Kier alpha value is -3.47. The fourth-order valence-corrected chi connectivity index (χ4v) is 6.11. The molecule has 0 bridgehead atoms. The van der Waals surface area contributed by atoms with Gasteiger partial charge in [-0.1, -0.05) is 106 Å². The van der Waals surface area contributed by atoms with Crippen molar-refractivity contribution in [3.05, 3.63) is 140 Å². The summed E-state index contributed by atoms with van der Waals surface area (Å²) < 4.78 is 1.86. The highest BCUT2D eigenvalue weighted by atomic mass is 79.9. The number of allylic oxidation sites excluding steroid dienone is 1. The number of fused-ring (bicyclic) bond motifs is 2. The molecule has 0 saturated carbocycles. The number of benzene rings is 4. The Kier molecular flexibility index (Phi) is 5.63. The summed E-state index contributed by atoms with van der Waals surface area (Å²) in [4.78, 5) is 13.5. The van der Waals surface area contributed by atoms with Crippen LogP contribution in [0.25, 0.3) is 26.8 Å². The lowest BCUT2D eigenvalue weighted by molar-refractivity contribution is 0.488. The zero-order valence-corrected chi connectivity index (χ0v) is 21.1. The first-order valence-electron chi connectivity index (χ1n) is 11.5. The average molecular weight is 537 g/mol. The molecular formula is C31H21BrO2S. The molecule has 4 aromatic carbocycles. The summed E-state index contributed by atoms with van der Waals surface area (Å²) in [7, 11) is 0. The Bertz CT molecular complexity index is 1650. The van der Waals surface area contributed by atoms with Crippen LogP contribution in [0.1, 0.15) is 28.2 Å². The zero-order chi connectivity index (χ0) is 23.9. The summed E-state index contributed by atoms with van der Waals surface area (Å²) in [6, 6.07) is 32.6. The van der Waals surface area contributed by atoms with Crippen LogP contribution < -0.4 is 5.43 Å². The molecule has 0 aliphatic heterocycles. The monoisotopic (exact) mass is 536 g/mol. The minimum Gasteiger partial charge on any atom is -0.499 e. The van der Waals surface area contributed by atoms with Gasteiger partial charge in [-0.3, -0.25) is 4.79 Å². The van der Waals surface area contributed by atoms with Gasteiger partial charge in [-0.05, 0) is 64.1 Å². The van der Waals surface area contributed by atoms with E-state index in [4.69, 9.17) is 0 Å². The smallest absolute Gasteiger partial charge is 0.199 e. The largest absolute Gasteiger partial charge is 0.499 e. The number of halogens is 1. The predicted octanol–water partition coefficient (Wildman–Crippen LogP) is 8.17. The second-order valence-electron chi connectivity index (χ2n) is 8.78. The second-order valence-corrected chi connectivity index (χ2v) is 10.7. The van der Waals surface area contributed by atoms with Gasteiger partial charge < -0.3 is 5.11 Å². The summed E-state index contributed by atoms with van der Waals surface area (Å²) in [6.07, 6.45) is 3.01. The van der Waals surface area contributed by atoms with Gasteiger partial charge in [0, 0.05) is 20.5 Å². The molecule has 6 rings (SSSR count). The van der Waals surface area contributed by atoms with E-state index in [9.17, 15) is 9.90 Å². The second kappa shape index (κ2) is 8.95. The highest BCUT2D eigenvalue weighted by molar-refractivity contribution is 9.10. The van der Waals surface area contributed by atoms with Crippen LogP contribution in [0.15, 0.2) is 112 Å². The molecule has 1 aliphatic carbocycles. The van der Waals surface area contributed by atoms with Gasteiger partial charge in [-0.25, -0.2) is 0 Å². The molecule has 1 N–H and O–H groups in total. The van der Waals surface area contributed by atoms with Gasteiger partial charge in [0.2, 0.25) is 0 Å². The van der Waals surface area contributed by atoms with E-state index in [0.717, 1.165) is 32.3 Å². The first-order chi connectivity index (χ1) is 17.1. The van der Waals surface area contributed by atoms with E-state index in [1.165, 1.54) is 28.0 Å². The zero-order valence-electron chi connectivity index (χ0n) is 18.7. The van der Waals surface area contributed by atoms with Crippen LogP contribution in [0.2, 0.25) is 0 Å². The molecule has 1 unspecified atom stereocenters. The maximum atomic E-state index is 13.5. The quantitative estimate of drug-likeness (QED) is 0.252. The van der Waals surface area contributed by atoms with Crippen molar-refractivity contribution < 1.29 is 5.11 Å². The van der Waals surface area contributed by atoms with Crippen molar-refractivity contribution in [2.45, 2.75) is 12.3 Å². The van der Waals surface area contributed by atoms with Crippen molar-refractivity contribution in [2.75, 3.05) is 0 Å². The highest BCUT2D eigenvalue weighted by Gasteiger charge is 2.26. The molecule has 0 fully saturated rings. The third-order valence-corrected chi connectivity index (χ3v) is 8.18. The number of hydrogen-bond acceptors (Lipinski definition) is 3. The van der Waals surface area contributed by atoms with Crippen LogP contribution in [0.3, 0.4) is 0 Å². The lowest BCUT2D eigenvalue weighted by Crippen LogP contribution is -2.15. The Morgan fingerprint density at radius 2 is 1.46 bits per heavy atom. The first kappa shape index (κ1) is 22.0. The summed E-state index contributed by atoms with van der Waals surface area (Å²) in [5.74, 6) is 0.106. The summed E-state index contributed by atoms with van der Waals surface area (Å²) >= 11 is 4.76. The van der Waals surface area contributed by atoms with Gasteiger partial charge in [0.25, 0.3) is 0 Å². The van der Waals surface area contributed by atoms with Crippen molar-refractivity contribution in [2.24, 2.45) is 0 Å². The van der Waals surface area contributed by atoms with Gasteiger partial charge in [-0.2, -0.15) is 0 Å². The van der Waals surface area contributed by atoms with E-state index in [1.54, 1.807) is 0 Å². The third kappa shape index (κ3) is 4.03. The molecule has 0 amide bonds. The van der Waals surface area contributed by atoms with E-state index in [2.05, 4.69) is 64.5 Å². The molecule has 2 nitrogen and oxygen atoms in total. The first-order valence-corrected chi connectivity index (χ1v) is 13.1. The Morgan fingerprint density at radius 1 is 0.800 bits per heavy atom. The Labute approximate surface area is 216 Å². The number of aromatic hydroxyl groups is 1. The molecule has 1 aliphatic rings. The van der Waals surface area contributed by atoms with E-state index in [-0.39, 0.29) is 16.4 Å². The third-order valence-electron chi connectivity index (χ3n) is 6.68. The van der Waals surface area contributed by atoms with Crippen molar-refractivity contribution >= 4 is 42.9 Å². The van der Waals surface area contributed by atoms with Crippen molar-refractivity contribution in [3.8, 4) is 16.2 Å². The summed E-state index contributed by atoms with van der Waals surface area (Å²) in [5.41, 5.74) is 6.82. The van der Waals surface area contributed by atoms with Crippen molar-refractivity contribution in [1.29, 1.82) is 0 Å². The molecule has 0 spiro atoms. The van der Waals surface area contributed by atoms with E-state index in [0.29, 0.717) is 10.9 Å². The molecular weight excluding hydrogens is 516 g/mol. The van der Waals surface area contributed by atoms with Crippen LogP contribution in [0, 0.1) is 0 Å².